The van der Waals surface area contributed by atoms with Crippen LogP contribution in [-0.4, -0.2) is 49.4 Å². The Labute approximate surface area is 329 Å². The van der Waals surface area contributed by atoms with Crippen LogP contribution in [-0.2, 0) is 18.6 Å². The molecule has 0 saturated heterocycles. The van der Waals surface area contributed by atoms with E-state index in [2.05, 4.69) is 163 Å². The van der Waals surface area contributed by atoms with Crippen molar-refractivity contribution >= 4 is 62.7 Å². The van der Waals surface area contributed by atoms with Crippen molar-refractivity contribution in [1.82, 2.24) is 29.7 Å². The summed E-state index contributed by atoms with van der Waals surface area (Å²) in [5.74, 6) is 0.346. The van der Waals surface area contributed by atoms with Crippen molar-refractivity contribution in [1.29, 1.82) is 0 Å². The first-order valence-corrected chi connectivity index (χ1v) is 19.8. The molecule has 10 nitrogen and oxygen atoms in total. The van der Waals surface area contributed by atoms with Crippen LogP contribution in [0.25, 0.3) is 39.7 Å². The van der Waals surface area contributed by atoms with Crippen LogP contribution < -0.4 is 19.6 Å². The normalized spacial score (nSPS) is 18.6. The lowest BCUT2D eigenvalue weighted by Gasteiger charge is -2.61. The smallest absolute Gasteiger partial charge is 0.237 e. The number of aryl methyl sites for hydroxylation is 1. The van der Waals surface area contributed by atoms with E-state index in [1.165, 1.54) is 22.5 Å². The molecule has 0 aliphatic carbocycles. The number of nitrogens with one attached hydrogen (secondary N) is 1. The van der Waals surface area contributed by atoms with Gasteiger partial charge in [0, 0.05) is 53.2 Å². The summed E-state index contributed by atoms with van der Waals surface area (Å²) in [7, 11) is 0. The molecule has 0 saturated carbocycles. The minimum Gasteiger partial charge on any atom is -0.342 e. The zero-order chi connectivity index (χ0) is 37.5. The molecular weight excluding hydrogens is 705 g/mol. The molecule has 0 fully saturated rings. The summed E-state index contributed by atoms with van der Waals surface area (Å²) >= 11 is 0. The average Bonchev–Trinajstić information content (AvgIpc) is 4.04. The molecule has 5 aromatic carbocycles. The minimum absolute atomic E-state index is 0.527. The Hall–Kier alpha value is -7.20. The predicted molar refractivity (Wildman–Crippen MR) is 228 cm³/mol. The second-order valence-corrected chi connectivity index (χ2v) is 15.1. The van der Waals surface area contributed by atoms with E-state index in [-0.39, 0.29) is 0 Å². The molecule has 1 unspecified atom stereocenters. The number of nitrogens with zero attached hydrogens (tertiary/aromatic N) is 9. The maximum Gasteiger partial charge on any atom is 0.237 e. The van der Waals surface area contributed by atoms with E-state index < -0.39 is 5.79 Å². The predicted octanol–water partition coefficient (Wildman–Crippen LogP) is 8.67. The van der Waals surface area contributed by atoms with Crippen LogP contribution in [0.5, 0.6) is 0 Å². The molecule has 0 spiro atoms. The Kier molecular flexibility index (Phi) is 6.98. The van der Waals surface area contributed by atoms with Crippen LogP contribution >= 0.6 is 0 Å². The zero-order valence-corrected chi connectivity index (χ0v) is 31.2. The average molecular weight is 743 g/mol. The molecule has 4 aliphatic rings. The van der Waals surface area contributed by atoms with E-state index in [4.69, 9.17) is 20.1 Å². The Morgan fingerprint density at radius 3 is 2.37 bits per heavy atom. The molecule has 4 aliphatic heterocycles. The van der Waals surface area contributed by atoms with Gasteiger partial charge in [-0.1, -0.05) is 109 Å². The van der Waals surface area contributed by atoms with Crippen LogP contribution in [0.3, 0.4) is 0 Å². The van der Waals surface area contributed by atoms with Gasteiger partial charge in [0.15, 0.2) is 11.5 Å². The van der Waals surface area contributed by atoms with Gasteiger partial charge in [-0.3, -0.25) is 0 Å². The molecule has 0 bridgehead atoms. The highest BCUT2D eigenvalue weighted by atomic mass is 15.6. The lowest BCUT2D eigenvalue weighted by Crippen LogP contribution is -2.71. The molecular formula is C47H38N10. The first-order chi connectivity index (χ1) is 28.3. The van der Waals surface area contributed by atoms with Gasteiger partial charge < -0.3 is 19.7 Å². The quantitative estimate of drug-likeness (QED) is 0.188. The third-order valence-corrected chi connectivity index (χ3v) is 12.2. The van der Waals surface area contributed by atoms with Crippen molar-refractivity contribution in [2.45, 2.75) is 25.0 Å². The lowest BCUT2D eigenvalue weighted by atomic mass is 9.86. The van der Waals surface area contributed by atoms with E-state index >= 15 is 0 Å². The van der Waals surface area contributed by atoms with Crippen molar-refractivity contribution < 1.29 is 0 Å². The monoisotopic (exact) mass is 742 g/mol. The number of para-hydroxylation sites is 4. The number of aromatic amines is 1. The summed E-state index contributed by atoms with van der Waals surface area (Å²) in [5, 5.41) is 6.35. The molecule has 12 rings (SSSR count). The van der Waals surface area contributed by atoms with E-state index in [0.29, 0.717) is 18.1 Å². The van der Waals surface area contributed by atoms with E-state index in [9.17, 15) is 0 Å². The SMILES string of the molecule is C1=Cc2ccccc2N(C2(N3CCCc4ccccc43)c3ccccc3C(N3CCc4ccccc43)=C(n3ncc4ccccc43)N2c2ncc3[nH]cnc3n2)C1. The summed E-state index contributed by atoms with van der Waals surface area (Å²) in [6, 6.07) is 43.9. The first-order valence-electron chi connectivity index (χ1n) is 19.8. The number of rotatable bonds is 5. The van der Waals surface area contributed by atoms with E-state index in [0.717, 1.165) is 82.7 Å². The fourth-order valence-electron chi connectivity index (χ4n) is 9.81. The molecule has 7 heterocycles. The van der Waals surface area contributed by atoms with Crippen LogP contribution in [0.15, 0.2) is 146 Å². The van der Waals surface area contributed by atoms with Crippen LogP contribution in [0.2, 0.25) is 0 Å². The Morgan fingerprint density at radius 2 is 1.44 bits per heavy atom. The van der Waals surface area contributed by atoms with Gasteiger partial charge in [0.1, 0.15) is 5.52 Å². The number of aromatic nitrogens is 6. The lowest BCUT2D eigenvalue weighted by molar-refractivity contribution is 0.365. The molecule has 1 atom stereocenters. The Balaban J connectivity index is 1.29. The number of hydrogen-bond acceptors (Lipinski definition) is 8. The minimum atomic E-state index is -1.05. The molecule has 57 heavy (non-hydrogen) atoms. The topological polar surface area (TPSA) is 85.2 Å². The maximum atomic E-state index is 5.38. The van der Waals surface area contributed by atoms with E-state index in [1.807, 2.05) is 12.4 Å². The summed E-state index contributed by atoms with van der Waals surface area (Å²) in [4.78, 5) is 28.7. The van der Waals surface area contributed by atoms with Gasteiger partial charge in [0.25, 0.3) is 0 Å². The maximum absolute atomic E-state index is 5.38. The summed E-state index contributed by atoms with van der Waals surface area (Å²) in [5.41, 5.74) is 13.0. The van der Waals surface area contributed by atoms with Gasteiger partial charge >= 0.3 is 0 Å². The van der Waals surface area contributed by atoms with Crippen molar-refractivity contribution in [2.24, 2.45) is 0 Å². The van der Waals surface area contributed by atoms with Crippen molar-refractivity contribution in [3.05, 3.63) is 174 Å². The summed E-state index contributed by atoms with van der Waals surface area (Å²) in [6.07, 6.45) is 13.0. The number of hydrogen-bond donors (Lipinski definition) is 1. The van der Waals surface area contributed by atoms with Crippen LogP contribution in [0, 0.1) is 0 Å². The number of anilines is 4. The number of fused-ring (bicyclic) bond motifs is 6. The van der Waals surface area contributed by atoms with Gasteiger partial charge in [-0.25, -0.2) is 19.5 Å². The molecule has 10 heteroatoms. The molecule has 0 amide bonds. The van der Waals surface area contributed by atoms with Crippen molar-refractivity contribution in [2.75, 3.05) is 39.2 Å². The van der Waals surface area contributed by atoms with Gasteiger partial charge in [0.2, 0.25) is 11.7 Å². The summed E-state index contributed by atoms with van der Waals surface area (Å²) in [6.45, 7) is 2.25. The first kappa shape index (κ1) is 32.1. The second kappa shape index (κ2) is 12.4. The number of benzene rings is 5. The van der Waals surface area contributed by atoms with Gasteiger partial charge in [-0.15, -0.1) is 0 Å². The second-order valence-electron chi connectivity index (χ2n) is 15.1. The van der Waals surface area contributed by atoms with Crippen molar-refractivity contribution in [3.8, 4) is 0 Å². The largest absolute Gasteiger partial charge is 0.342 e. The Morgan fingerprint density at radius 1 is 0.667 bits per heavy atom. The third kappa shape index (κ3) is 4.58. The molecule has 276 valence electrons. The van der Waals surface area contributed by atoms with Crippen LogP contribution in [0.1, 0.15) is 34.2 Å². The molecule has 8 aromatic rings. The van der Waals surface area contributed by atoms with Gasteiger partial charge in [-0.2, -0.15) is 10.1 Å². The fourth-order valence-corrected chi connectivity index (χ4v) is 9.81. The zero-order valence-electron chi connectivity index (χ0n) is 31.2. The summed E-state index contributed by atoms with van der Waals surface area (Å²) < 4.78 is 2.13. The number of imidazole rings is 1. The molecule has 1 N–H and O–H groups in total. The highest BCUT2D eigenvalue weighted by Crippen LogP contribution is 2.56. The van der Waals surface area contributed by atoms with Gasteiger partial charge in [0.05, 0.1) is 29.9 Å². The van der Waals surface area contributed by atoms with Gasteiger partial charge in [-0.05, 0) is 60.2 Å². The fraction of sp³-hybridized carbons (Fsp3) is 0.149. The molecule has 3 aromatic heterocycles. The highest BCUT2D eigenvalue weighted by Gasteiger charge is 2.59. The van der Waals surface area contributed by atoms with Crippen LogP contribution in [0.4, 0.5) is 23.0 Å². The number of H-pyrrole nitrogens is 1. The highest BCUT2D eigenvalue weighted by molar-refractivity contribution is 6.04. The van der Waals surface area contributed by atoms with E-state index in [1.54, 1.807) is 6.33 Å². The third-order valence-electron chi connectivity index (χ3n) is 12.2. The standard InChI is InChI=1S/C47H38N10/c1-7-21-39-34(15-1)25-28-53(39)43-36-19-5-6-20-37(36)47(54-26-11-17-32-13-2-8-22-40(32)54,55-27-12-18-33-14-3-9-23-41(33)55)56(46-48-30-38-44(52-46)50-31-49-38)45(43)57-42-24-10-4-16-35(42)29-51-57/h1-11,13-17,19-24,29-31H,12,18,25-28H2,(H,48,49,50,52). The van der Waals surface area contributed by atoms with Crippen molar-refractivity contribution in [3.63, 3.8) is 0 Å². The Bertz CT molecular complexity index is 2940. The molecule has 0 radical (unpaired) electrons.